The Labute approximate surface area is 76.2 Å². The summed E-state index contributed by atoms with van der Waals surface area (Å²) in [6.07, 6.45) is 2.52. The lowest BCUT2D eigenvalue weighted by molar-refractivity contribution is 0.299. The Morgan fingerprint density at radius 1 is 1.42 bits per heavy atom. The van der Waals surface area contributed by atoms with Gasteiger partial charge in [-0.1, -0.05) is 6.07 Å². The molecule has 1 rings (SSSR count). The lowest BCUT2D eigenvalue weighted by Gasteiger charge is -2.03. The van der Waals surface area contributed by atoms with Gasteiger partial charge in [-0.25, -0.2) is 0 Å². The molecule has 0 saturated carbocycles. The third-order valence-electron chi connectivity index (χ3n) is 1.64. The molecule has 0 aromatic heterocycles. The van der Waals surface area contributed by atoms with Crippen LogP contribution in [0, 0.1) is 0 Å². The van der Waals surface area contributed by atoms with Crippen LogP contribution in [0.25, 0.3) is 0 Å². The predicted octanol–water partition coefficient (Wildman–Crippen LogP) is 1.65. The van der Waals surface area contributed by atoms with E-state index in [0.717, 1.165) is 10.5 Å². The topological polar surface area (TPSA) is 40.5 Å². The Morgan fingerprint density at radius 2 is 2.17 bits per heavy atom. The summed E-state index contributed by atoms with van der Waals surface area (Å²) >= 11 is 1.51. The van der Waals surface area contributed by atoms with Crippen molar-refractivity contribution in [2.24, 2.45) is 0 Å². The number of aromatic hydroxyl groups is 1. The third kappa shape index (κ3) is 2.16. The molecule has 3 heteroatoms. The molecule has 0 aliphatic rings. The first-order chi connectivity index (χ1) is 5.77. The molecule has 0 aliphatic carbocycles. The Bertz CT molecular complexity index is 261. The summed E-state index contributed by atoms with van der Waals surface area (Å²) < 4.78 is 0. The molecule has 2 nitrogen and oxygen atoms in total. The van der Waals surface area contributed by atoms with Crippen LogP contribution in [0.5, 0.6) is 5.75 Å². The van der Waals surface area contributed by atoms with Crippen LogP contribution < -0.4 is 0 Å². The van der Waals surface area contributed by atoms with Crippen LogP contribution in [0.15, 0.2) is 23.1 Å². The van der Waals surface area contributed by atoms with Crippen LogP contribution in [-0.2, 0) is 6.42 Å². The van der Waals surface area contributed by atoms with Crippen LogP contribution in [0.1, 0.15) is 5.56 Å². The largest absolute Gasteiger partial charge is 0.507 e. The van der Waals surface area contributed by atoms with Crippen molar-refractivity contribution in [3.8, 4) is 5.75 Å². The van der Waals surface area contributed by atoms with E-state index < -0.39 is 0 Å². The number of hydrogen-bond donors (Lipinski definition) is 2. The minimum absolute atomic E-state index is 0.123. The van der Waals surface area contributed by atoms with Crippen LogP contribution in [-0.4, -0.2) is 23.1 Å². The van der Waals surface area contributed by atoms with Crippen molar-refractivity contribution in [3.63, 3.8) is 0 Å². The molecule has 0 radical (unpaired) electrons. The van der Waals surface area contributed by atoms with Crippen molar-refractivity contribution in [1.29, 1.82) is 0 Å². The molecule has 0 spiro atoms. The number of hydrogen-bond acceptors (Lipinski definition) is 3. The number of rotatable bonds is 3. The summed E-state index contributed by atoms with van der Waals surface area (Å²) in [5.74, 6) is 0.299. The number of benzene rings is 1. The van der Waals surface area contributed by atoms with Crippen LogP contribution in [0.3, 0.4) is 0 Å². The maximum absolute atomic E-state index is 9.42. The van der Waals surface area contributed by atoms with Gasteiger partial charge in [0.05, 0.1) is 0 Å². The van der Waals surface area contributed by atoms with Gasteiger partial charge in [-0.3, -0.25) is 0 Å². The molecule has 0 atom stereocenters. The molecule has 12 heavy (non-hydrogen) atoms. The molecule has 0 heterocycles. The second-order valence-electron chi connectivity index (χ2n) is 2.48. The highest BCUT2D eigenvalue weighted by molar-refractivity contribution is 7.98. The maximum atomic E-state index is 9.42. The Balaban J connectivity index is 2.86. The summed E-state index contributed by atoms with van der Waals surface area (Å²) in [5, 5.41) is 18.1. The Kier molecular flexibility index (Phi) is 3.44. The molecule has 0 aliphatic heterocycles. The number of phenolic OH excluding ortho intramolecular Hbond substituents is 1. The van der Waals surface area contributed by atoms with E-state index in [0.29, 0.717) is 12.2 Å². The second-order valence-corrected chi connectivity index (χ2v) is 3.33. The SMILES string of the molecule is CSc1ccc(CCO)cc1O. The zero-order valence-corrected chi connectivity index (χ0v) is 7.77. The summed E-state index contributed by atoms with van der Waals surface area (Å²) in [7, 11) is 0. The van der Waals surface area contributed by atoms with E-state index in [1.165, 1.54) is 11.8 Å². The fourth-order valence-electron chi connectivity index (χ4n) is 1.02. The molecule has 0 unspecified atom stereocenters. The van der Waals surface area contributed by atoms with Gasteiger partial charge in [0.15, 0.2) is 0 Å². The zero-order chi connectivity index (χ0) is 8.97. The Hall–Kier alpha value is -0.670. The van der Waals surface area contributed by atoms with Gasteiger partial charge >= 0.3 is 0 Å². The molecule has 2 N–H and O–H groups in total. The number of aliphatic hydroxyl groups excluding tert-OH is 1. The minimum atomic E-state index is 0.123. The highest BCUT2D eigenvalue weighted by atomic mass is 32.2. The molecule has 0 saturated heterocycles. The summed E-state index contributed by atoms with van der Waals surface area (Å²) in [6.45, 7) is 0.123. The first-order valence-electron chi connectivity index (χ1n) is 3.74. The summed E-state index contributed by atoms with van der Waals surface area (Å²) in [6, 6.07) is 5.48. The van der Waals surface area contributed by atoms with Crippen molar-refractivity contribution < 1.29 is 10.2 Å². The lowest BCUT2D eigenvalue weighted by atomic mass is 10.1. The Morgan fingerprint density at radius 3 is 2.67 bits per heavy atom. The van der Waals surface area contributed by atoms with Crippen LogP contribution >= 0.6 is 11.8 Å². The van der Waals surface area contributed by atoms with Gasteiger partial charge in [0.25, 0.3) is 0 Å². The monoisotopic (exact) mass is 184 g/mol. The molecular weight excluding hydrogens is 172 g/mol. The first-order valence-corrected chi connectivity index (χ1v) is 4.97. The van der Waals surface area contributed by atoms with E-state index in [4.69, 9.17) is 5.11 Å². The smallest absolute Gasteiger partial charge is 0.129 e. The molecule has 1 aromatic rings. The van der Waals surface area contributed by atoms with E-state index in [-0.39, 0.29) is 6.61 Å². The highest BCUT2D eigenvalue weighted by Crippen LogP contribution is 2.27. The average Bonchev–Trinajstić information content (AvgIpc) is 2.05. The molecule has 0 amide bonds. The van der Waals surface area contributed by atoms with Crippen molar-refractivity contribution in [3.05, 3.63) is 23.8 Å². The van der Waals surface area contributed by atoms with Gasteiger partial charge in [-0.2, -0.15) is 0 Å². The molecule has 1 aromatic carbocycles. The standard InChI is InChI=1S/C9H12O2S/c1-12-9-3-2-7(4-5-10)6-8(9)11/h2-3,6,10-11H,4-5H2,1H3. The van der Waals surface area contributed by atoms with Gasteiger partial charge in [0.2, 0.25) is 0 Å². The van der Waals surface area contributed by atoms with Gasteiger partial charge < -0.3 is 10.2 Å². The first kappa shape index (κ1) is 9.42. The predicted molar refractivity (Wildman–Crippen MR) is 50.7 cm³/mol. The fraction of sp³-hybridized carbons (Fsp3) is 0.333. The van der Waals surface area contributed by atoms with Gasteiger partial charge in [-0.05, 0) is 30.4 Å². The molecule has 0 bridgehead atoms. The number of aliphatic hydroxyl groups is 1. The van der Waals surface area contributed by atoms with Crippen molar-refractivity contribution in [2.75, 3.05) is 12.9 Å². The fourth-order valence-corrected chi connectivity index (χ4v) is 1.49. The van der Waals surface area contributed by atoms with Crippen LogP contribution in [0.2, 0.25) is 0 Å². The van der Waals surface area contributed by atoms with Crippen molar-refractivity contribution in [1.82, 2.24) is 0 Å². The zero-order valence-electron chi connectivity index (χ0n) is 6.95. The lowest BCUT2D eigenvalue weighted by Crippen LogP contribution is -1.89. The molecule has 66 valence electrons. The third-order valence-corrected chi connectivity index (χ3v) is 2.43. The van der Waals surface area contributed by atoms with Crippen molar-refractivity contribution in [2.45, 2.75) is 11.3 Å². The van der Waals surface area contributed by atoms with Gasteiger partial charge in [-0.15, -0.1) is 11.8 Å². The molecular formula is C9H12O2S. The number of thioether (sulfide) groups is 1. The normalized spacial score (nSPS) is 10.2. The average molecular weight is 184 g/mol. The second kappa shape index (κ2) is 4.38. The summed E-state index contributed by atoms with van der Waals surface area (Å²) in [5.41, 5.74) is 0.966. The van der Waals surface area contributed by atoms with E-state index in [1.54, 1.807) is 6.07 Å². The van der Waals surface area contributed by atoms with E-state index in [2.05, 4.69) is 0 Å². The van der Waals surface area contributed by atoms with Gasteiger partial charge in [0.1, 0.15) is 5.75 Å². The summed E-state index contributed by atoms with van der Waals surface area (Å²) in [4.78, 5) is 0.872. The number of phenols is 1. The van der Waals surface area contributed by atoms with E-state index in [9.17, 15) is 5.11 Å². The van der Waals surface area contributed by atoms with Crippen LogP contribution in [0.4, 0.5) is 0 Å². The van der Waals surface area contributed by atoms with Gasteiger partial charge in [0, 0.05) is 11.5 Å². The maximum Gasteiger partial charge on any atom is 0.129 e. The minimum Gasteiger partial charge on any atom is -0.507 e. The van der Waals surface area contributed by atoms with E-state index in [1.807, 2.05) is 18.4 Å². The quantitative estimate of drug-likeness (QED) is 0.702. The van der Waals surface area contributed by atoms with E-state index >= 15 is 0 Å². The van der Waals surface area contributed by atoms with Crippen molar-refractivity contribution >= 4 is 11.8 Å². The highest BCUT2D eigenvalue weighted by Gasteiger charge is 2.00. The molecule has 0 fully saturated rings.